The second-order valence-corrected chi connectivity index (χ2v) is 5.69. The molecule has 0 aliphatic carbocycles. The van der Waals surface area contributed by atoms with E-state index < -0.39 is 7.12 Å². The lowest BCUT2D eigenvalue weighted by Gasteiger charge is -2.15. The summed E-state index contributed by atoms with van der Waals surface area (Å²) in [6.45, 7) is 0. The Balaban J connectivity index is 2.14. The second-order valence-electron chi connectivity index (χ2n) is 5.69. The molecular formula is C19H19BN2O5. The van der Waals surface area contributed by atoms with Gasteiger partial charge in [0.25, 0.3) is 0 Å². The summed E-state index contributed by atoms with van der Waals surface area (Å²) in [5.41, 5.74) is 3.48. The fourth-order valence-electron chi connectivity index (χ4n) is 2.82. The Morgan fingerprint density at radius 2 is 1.48 bits per heavy atom. The van der Waals surface area contributed by atoms with Gasteiger partial charge in [0, 0.05) is 17.3 Å². The van der Waals surface area contributed by atoms with E-state index >= 15 is 0 Å². The standard InChI is InChI=1S/C19H19BN2O5/c1-25-16-8-13(9-17(26-2)19(16)27-3)18-15(10-21-11-22-18)12-4-6-14(7-5-12)20(23)24/h4-11,23-24H,1-3H3. The van der Waals surface area contributed by atoms with Gasteiger partial charge in [0.2, 0.25) is 5.75 Å². The van der Waals surface area contributed by atoms with Crippen LogP contribution < -0.4 is 19.7 Å². The highest BCUT2D eigenvalue weighted by molar-refractivity contribution is 6.58. The zero-order chi connectivity index (χ0) is 19.4. The molecule has 138 valence electrons. The Morgan fingerprint density at radius 1 is 0.852 bits per heavy atom. The molecule has 0 fully saturated rings. The fourth-order valence-corrected chi connectivity index (χ4v) is 2.82. The van der Waals surface area contributed by atoms with Gasteiger partial charge in [-0.25, -0.2) is 9.97 Å². The van der Waals surface area contributed by atoms with Crippen molar-refractivity contribution in [2.24, 2.45) is 0 Å². The molecule has 2 aromatic carbocycles. The summed E-state index contributed by atoms with van der Waals surface area (Å²) >= 11 is 0. The Kier molecular flexibility index (Phi) is 5.59. The third-order valence-electron chi connectivity index (χ3n) is 4.17. The molecule has 0 spiro atoms. The van der Waals surface area contributed by atoms with E-state index in [0.717, 1.165) is 16.7 Å². The molecule has 0 unspecified atom stereocenters. The lowest BCUT2D eigenvalue weighted by Crippen LogP contribution is -2.29. The predicted octanol–water partition coefficient (Wildman–Crippen LogP) is 1.52. The van der Waals surface area contributed by atoms with Crippen molar-refractivity contribution in [2.75, 3.05) is 21.3 Å². The Morgan fingerprint density at radius 3 is 2.00 bits per heavy atom. The number of hydrogen-bond acceptors (Lipinski definition) is 7. The van der Waals surface area contributed by atoms with E-state index in [-0.39, 0.29) is 0 Å². The van der Waals surface area contributed by atoms with Crippen LogP contribution in [-0.4, -0.2) is 48.5 Å². The highest BCUT2D eigenvalue weighted by Crippen LogP contribution is 2.42. The van der Waals surface area contributed by atoms with Crippen LogP contribution in [0.4, 0.5) is 0 Å². The summed E-state index contributed by atoms with van der Waals surface area (Å²) in [5, 5.41) is 18.5. The number of ether oxygens (including phenoxy) is 3. The molecule has 0 bridgehead atoms. The zero-order valence-corrected chi connectivity index (χ0v) is 15.2. The van der Waals surface area contributed by atoms with Crippen molar-refractivity contribution >= 4 is 12.6 Å². The van der Waals surface area contributed by atoms with Crippen LogP contribution in [0.2, 0.25) is 0 Å². The van der Waals surface area contributed by atoms with Crippen LogP contribution in [-0.2, 0) is 0 Å². The van der Waals surface area contributed by atoms with E-state index in [1.54, 1.807) is 51.8 Å². The lowest BCUT2D eigenvalue weighted by molar-refractivity contribution is 0.324. The van der Waals surface area contributed by atoms with Crippen LogP contribution in [0.3, 0.4) is 0 Å². The van der Waals surface area contributed by atoms with Gasteiger partial charge in [-0.05, 0) is 23.2 Å². The van der Waals surface area contributed by atoms with Gasteiger partial charge in [-0.1, -0.05) is 24.3 Å². The predicted molar refractivity (Wildman–Crippen MR) is 102 cm³/mol. The number of hydrogen-bond donors (Lipinski definition) is 2. The number of aromatic nitrogens is 2. The first-order chi connectivity index (χ1) is 13.1. The van der Waals surface area contributed by atoms with Gasteiger partial charge in [0.15, 0.2) is 11.5 Å². The first-order valence-corrected chi connectivity index (χ1v) is 8.16. The molecule has 0 radical (unpaired) electrons. The first-order valence-electron chi connectivity index (χ1n) is 8.16. The topological polar surface area (TPSA) is 93.9 Å². The Hall–Kier alpha value is -3.10. The fraction of sp³-hybridized carbons (Fsp3) is 0.158. The number of rotatable bonds is 6. The molecule has 8 heteroatoms. The maximum atomic E-state index is 9.27. The summed E-state index contributed by atoms with van der Waals surface area (Å²) in [4.78, 5) is 8.55. The minimum atomic E-state index is -1.51. The molecular weight excluding hydrogens is 347 g/mol. The van der Waals surface area contributed by atoms with Gasteiger partial charge in [-0.15, -0.1) is 0 Å². The average Bonchev–Trinajstić information content (AvgIpc) is 2.72. The highest BCUT2D eigenvalue weighted by atomic mass is 16.5. The SMILES string of the molecule is COc1cc(-c2ncncc2-c2ccc(B(O)O)cc2)cc(OC)c1OC. The van der Waals surface area contributed by atoms with Crippen molar-refractivity contribution in [3.63, 3.8) is 0 Å². The largest absolute Gasteiger partial charge is 0.493 e. The Bertz CT molecular complexity index is 907. The maximum Gasteiger partial charge on any atom is 0.488 e. The quantitative estimate of drug-likeness (QED) is 0.639. The summed E-state index contributed by atoms with van der Waals surface area (Å²) in [5.74, 6) is 1.55. The molecule has 1 aromatic heterocycles. The zero-order valence-electron chi connectivity index (χ0n) is 15.2. The van der Waals surface area contributed by atoms with Crippen LogP contribution >= 0.6 is 0 Å². The van der Waals surface area contributed by atoms with Crippen molar-refractivity contribution in [3.05, 3.63) is 48.9 Å². The van der Waals surface area contributed by atoms with Crippen LogP contribution in [0.5, 0.6) is 17.2 Å². The molecule has 27 heavy (non-hydrogen) atoms. The third-order valence-corrected chi connectivity index (χ3v) is 4.17. The minimum Gasteiger partial charge on any atom is -0.493 e. The lowest BCUT2D eigenvalue weighted by atomic mass is 9.80. The number of methoxy groups -OCH3 is 3. The van der Waals surface area contributed by atoms with Crippen molar-refractivity contribution in [3.8, 4) is 39.6 Å². The van der Waals surface area contributed by atoms with E-state index in [4.69, 9.17) is 14.2 Å². The van der Waals surface area contributed by atoms with E-state index in [1.807, 2.05) is 12.1 Å². The molecule has 0 atom stereocenters. The van der Waals surface area contributed by atoms with Crippen LogP contribution in [0.1, 0.15) is 0 Å². The van der Waals surface area contributed by atoms with Crippen LogP contribution in [0, 0.1) is 0 Å². The molecule has 0 aliphatic heterocycles. The van der Waals surface area contributed by atoms with Gasteiger partial charge >= 0.3 is 7.12 Å². The average molecular weight is 366 g/mol. The normalized spacial score (nSPS) is 10.4. The van der Waals surface area contributed by atoms with Gasteiger partial charge in [0.05, 0.1) is 27.0 Å². The molecule has 7 nitrogen and oxygen atoms in total. The number of nitrogens with zero attached hydrogens (tertiary/aromatic N) is 2. The summed E-state index contributed by atoms with van der Waals surface area (Å²) in [7, 11) is 3.15. The third kappa shape index (κ3) is 3.72. The second kappa shape index (κ2) is 8.07. The van der Waals surface area contributed by atoms with Gasteiger partial charge in [-0.3, -0.25) is 0 Å². The molecule has 3 aromatic rings. The molecule has 0 amide bonds. The molecule has 0 aliphatic rings. The molecule has 0 saturated carbocycles. The minimum absolute atomic E-state index is 0.407. The van der Waals surface area contributed by atoms with Crippen molar-refractivity contribution < 1.29 is 24.3 Å². The van der Waals surface area contributed by atoms with Crippen molar-refractivity contribution in [1.82, 2.24) is 9.97 Å². The van der Waals surface area contributed by atoms with Gasteiger partial charge in [-0.2, -0.15) is 0 Å². The summed E-state index contributed by atoms with van der Waals surface area (Å²) < 4.78 is 16.2. The van der Waals surface area contributed by atoms with E-state index in [2.05, 4.69) is 9.97 Å². The highest BCUT2D eigenvalue weighted by Gasteiger charge is 2.18. The van der Waals surface area contributed by atoms with E-state index in [0.29, 0.717) is 28.4 Å². The summed E-state index contributed by atoms with van der Waals surface area (Å²) in [6, 6.07) is 10.5. The molecule has 0 saturated heterocycles. The first kappa shape index (κ1) is 18.7. The molecule has 2 N–H and O–H groups in total. The number of benzene rings is 2. The van der Waals surface area contributed by atoms with E-state index in [9.17, 15) is 10.0 Å². The monoisotopic (exact) mass is 366 g/mol. The Labute approximate surface area is 157 Å². The van der Waals surface area contributed by atoms with Crippen molar-refractivity contribution in [1.29, 1.82) is 0 Å². The smallest absolute Gasteiger partial charge is 0.488 e. The van der Waals surface area contributed by atoms with E-state index in [1.165, 1.54) is 6.33 Å². The molecule has 3 rings (SSSR count). The van der Waals surface area contributed by atoms with Gasteiger partial charge in [0.1, 0.15) is 6.33 Å². The molecule has 1 heterocycles. The van der Waals surface area contributed by atoms with Crippen molar-refractivity contribution in [2.45, 2.75) is 0 Å². The maximum absolute atomic E-state index is 9.27. The van der Waals surface area contributed by atoms with Crippen LogP contribution in [0.25, 0.3) is 22.4 Å². The summed E-state index contributed by atoms with van der Waals surface area (Å²) in [6.07, 6.45) is 3.17. The van der Waals surface area contributed by atoms with Gasteiger partial charge < -0.3 is 24.3 Å². The van der Waals surface area contributed by atoms with Crippen LogP contribution in [0.15, 0.2) is 48.9 Å².